The molecule has 10 nitrogen and oxygen atoms in total. The van der Waals surface area contributed by atoms with Gasteiger partial charge in [-0.15, -0.1) is 5.10 Å². The van der Waals surface area contributed by atoms with E-state index in [0.29, 0.717) is 41.4 Å². The van der Waals surface area contributed by atoms with Gasteiger partial charge in [0.15, 0.2) is 0 Å². The number of hydrogen-bond donors (Lipinski definition) is 2. The van der Waals surface area contributed by atoms with E-state index in [-0.39, 0.29) is 27.4 Å². The Balaban J connectivity index is 0.00000380. The normalized spacial score (nSPS) is 19.5. The van der Waals surface area contributed by atoms with E-state index in [1.54, 1.807) is 30.8 Å². The second-order valence-electron chi connectivity index (χ2n) is 8.81. The van der Waals surface area contributed by atoms with Crippen molar-refractivity contribution in [1.29, 1.82) is 0 Å². The summed E-state index contributed by atoms with van der Waals surface area (Å²) in [5, 5.41) is 20.1. The van der Waals surface area contributed by atoms with Gasteiger partial charge < -0.3 is 19.9 Å². The van der Waals surface area contributed by atoms with E-state index < -0.39 is 23.8 Å². The molecule has 2 aromatic heterocycles. The second kappa shape index (κ2) is 10.7. The molecule has 0 aliphatic heterocycles. The van der Waals surface area contributed by atoms with Gasteiger partial charge in [-0.1, -0.05) is 35.5 Å². The van der Waals surface area contributed by atoms with E-state index in [0.717, 1.165) is 5.56 Å². The number of ether oxygens (including phenoxy) is 2. The summed E-state index contributed by atoms with van der Waals surface area (Å²) in [4.78, 5) is 28.0. The molecule has 1 aromatic carbocycles. The maximum absolute atomic E-state index is 14.6. The lowest BCUT2D eigenvalue weighted by atomic mass is 9.84. The van der Waals surface area contributed by atoms with Gasteiger partial charge in [-0.2, -0.15) is 0 Å². The van der Waals surface area contributed by atoms with E-state index in [1.807, 2.05) is 30.3 Å². The Labute approximate surface area is 208 Å². The first kappa shape index (κ1) is 25.1. The molecule has 1 fully saturated rings. The number of amides is 1. The first-order valence-corrected chi connectivity index (χ1v) is 11.7. The molecule has 11 heteroatoms. The predicted molar refractivity (Wildman–Crippen MR) is 129 cm³/mol. The quantitative estimate of drug-likeness (QED) is 0.476. The largest absolute Gasteiger partial charge is 0.488 e. The molecule has 0 saturated heterocycles. The average molecular weight is 500 g/mol. The minimum absolute atomic E-state index is 0. The number of alkyl halides is 1. The van der Waals surface area contributed by atoms with Gasteiger partial charge in [0.05, 0.1) is 23.6 Å². The SMILES string of the molecule is Cc1nc(-c2nnn(C)c2CNC(=O)OCc2ccccc2)ccc1O[C@H]1CCC[C@](F)(C(=O)O)C1.[HH]. The number of carboxylic acids is 1. The molecule has 0 spiro atoms. The number of halogens is 1. The zero-order valence-electron chi connectivity index (χ0n) is 20.1. The molecule has 1 aliphatic rings. The minimum Gasteiger partial charge on any atom is -0.488 e. The van der Waals surface area contributed by atoms with E-state index in [1.165, 1.54) is 0 Å². The minimum atomic E-state index is -2.27. The first-order chi connectivity index (χ1) is 17.2. The Morgan fingerprint density at radius 3 is 2.78 bits per heavy atom. The molecule has 192 valence electrons. The van der Waals surface area contributed by atoms with E-state index in [2.05, 4.69) is 20.6 Å². The van der Waals surface area contributed by atoms with Gasteiger partial charge in [0.2, 0.25) is 5.67 Å². The third-order valence-electron chi connectivity index (χ3n) is 6.16. The van der Waals surface area contributed by atoms with Gasteiger partial charge >= 0.3 is 12.1 Å². The van der Waals surface area contributed by atoms with Crippen molar-refractivity contribution in [2.24, 2.45) is 7.05 Å². The molecule has 0 bridgehead atoms. The Morgan fingerprint density at radius 1 is 1.28 bits per heavy atom. The Hall–Kier alpha value is -4.02. The number of alkyl carbamates (subject to hydrolysis) is 1. The number of hydrogen-bond acceptors (Lipinski definition) is 7. The number of carbonyl (C=O) groups excluding carboxylic acids is 1. The fraction of sp³-hybridized carbons (Fsp3) is 0.400. The van der Waals surface area contributed by atoms with Crippen LogP contribution in [0.2, 0.25) is 0 Å². The number of aromatic nitrogens is 4. The lowest BCUT2D eigenvalue weighted by molar-refractivity contribution is -0.155. The molecule has 1 saturated carbocycles. The van der Waals surface area contributed by atoms with Crippen LogP contribution in [-0.4, -0.2) is 48.9 Å². The van der Waals surface area contributed by atoms with Crippen LogP contribution in [0.3, 0.4) is 0 Å². The molecule has 4 rings (SSSR count). The average Bonchev–Trinajstić information content (AvgIpc) is 3.23. The highest BCUT2D eigenvalue weighted by Gasteiger charge is 2.44. The number of carbonyl (C=O) groups is 2. The van der Waals surface area contributed by atoms with Crippen LogP contribution in [0.4, 0.5) is 9.18 Å². The number of carboxylic acid groups (broad SMARTS) is 1. The van der Waals surface area contributed by atoms with Gasteiger partial charge in [0.25, 0.3) is 0 Å². The Kier molecular flexibility index (Phi) is 7.47. The molecular formula is C25H30FN5O5. The number of aryl methyl sites for hydroxylation is 2. The molecular weight excluding hydrogens is 469 g/mol. The number of benzene rings is 1. The monoisotopic (exact) mass is 499 g/mol. The molecule has 1 amide bonds. The van der Waals surface area contributed by atoms with Crippen LogP contribution in [0.25, 0.3) is 11.4 Å². The maximum atomic E-state index is 14.6. The highest BCUT2D eigenvalue weighted by Crippen LogP contribution is 2.35. The van der Waals surface area contributed by atoms with Crippen LogP contribution >= 0.6 is 0 Å². The first-order valence-electron chi connectivity index (χ1n) is 11.7. The lowest BCUT2D eigenvalue weighted by Crippen LogP contribution is -2.42. The highest BCUT2D eigenvalue weighted by molar-refractivity contribution is 5.77. The topological polar surface area (TPSA) is 128 Å². The smallest absolute Gasteiger partial charge is 0.407 e. The van der Waals surface area contributed by atoms with Crippen LogP contribution in [0, 0.1) is 6.92 Å². The third kappa shape index (κ3) is 5.78. The summed E-state index contributed by atoms with van der Waals surface area (Å²) in [6.07, 6.45) is -0.339. The van der Waals surface area contributed by atoms with Gasteiger partial charge in [-0.05, 0) is 43.9 Å². The molecule has 2 heterocycles. The van der Waals surface area contributed by atoms with Crippen molar-refractivity contribution >= 4 is 12.1 Å². The number of aliphatic carboxylic acids is 1. The van der Waals surface area contributed by atoms with Crippen LogP contribution in [-0.2, 0) is 29.7 Å². The summed E-state index contributed by atoms with van der Waals surface area (Å²) in [6.45, 7) is 2.03. The second-order valence-corrected chi connectivity index (χ2v) is 8.81. The van der Waals surface area contributed by atoms with E-state index in [4.69, 9.17) is 9.47 Å². The fourth-order valence-electron chi connectivity index (χ4n) is 4.16. The predicted octanol–water partition coefficient (Wildman–Crippen LogP) is 3.97. The van der Waals surface area contributed by atoms with Crippen LogP contribution in [0.1, 0.15) is 44.1 Å². The number of nitrogens with zero attached hydrogens (tertiary/aromatic N) is 4. The molecule has 1 aliphatic carbocycles. The van der Waals surface area contributed by atoms with Gasteiger partial charge in [-0.25, -0.2) is 23.6 Å². The summed E-state index contributed by atoms with van der Waals surface area (Å²) in [5.74, 6) is -1.000. The van der Waals surface area contributed by atoms with Crippen LogP contribution < -0.4 is 10.1 Å². The Bertz CT molecular complexity index is 1240. The van der Waals surface area contributed by atoms with Crippen molar-refractivity contribution in [3.8, 4) is 17.1 Å². The molecule has 36 heavy (non-hydrogen) atoms. The summed E-state index contributed by atoms with van der Waals surface area (Å²) in [7, 11) is 1.71. The maximum Gasteiger partial charge on any atom is 0.407 e. The van der Waals surface area contributed by atoms with Crippen molar-refractivity contribution < 1.29 is 30.0 Å². The highest BCUT2D eigenvalue weighted by atomic mass is 19.1. The fourth-order valence-corrected chi connectivity index (χ4v) is 4.16. The van der Waals surface area contributed by atoms with E-state index >= 15 is 0 Å². The Morgan fingerprint density at radius 2 is 2.06 bits per heavy atom. The van der Waals surface area contributed by atoms with Crippen molar-refractivity contribution in [2.45, 2.75) is 57.5 Å². The number of pyridine rings is 1. The zero-order valence-corrected chi connectivity index (χ0v) is 20.1. The molecule has 3 aromatic rings. The molecule has 0 radical (unpaired) electrons. The van der Waals surface area contributed by atoms with Gasteiger partial charge in [0.1, 0.15) is 24.2 Å². The van der Waals surface area contributed by atoms with Gasteiger partial charge in [0, 0.05) is 14.9 Å². The van der Waals surface area contributed by atoms with Crippen molar-refractivity contribution in [3.05, 3.63) is 59.4 Å². The molecule has 2 atom stereocenters. The number of nitrogens with one attached hydrogen (secondary N) is 1. The van der Waals surface area contributed by atoms with Crippen molar-refractivity contribution in [3.63, 3.8) is 0 Å². The lowest BCUT2D eigenvalue weighted by Gasteiger charge is -2.32. The van der Waals surface area contributed by atoms with Crippen LogP contribution in [0.5, 0.6) is 5.75 Å². The summed E-state index contributed by atoms with van der Waals surface area (Å²) in [5.41, 5.74) is 0.797. The van der Waals surface area contributed by atoms with Crippen LogP contribution in [0.15, 0.2) is 42.5 Å². The summed E-state index contributed by atoms with van der Waals surface area (Å²) < 4.78 is 27.3. The van der Waals surface area contributed by atoms with E-state index in [9.17, 15) is 19.1 Å². The molecule has 2 N–H and O–H groups in total. The van der Waals surface area contributed by atoms with Gasteiger partial charge in [-0.3, -0.25) is 0 Å². The molecule has 0 unspecified atom stereocenters. The zero-order chi connectivity index (χ0) is 25.7. The van der Waals surface area contributed by atoms with Crippen molar-refractivity contribution in [2.75, 3.05) is 0 Å². The summed E-state index contributed by atoms with van der Waals surface area (Å²) in [6, 6.07) is 12.8. The third-order valence-corrected chi connectivity index (χ3v) is 6.16. The van der Waals surface area contributed by atoms with Crippen molar-refractivity contribution in [1.82, 2.24) is 25.3 Å². The summed E-state index contributed by atoms with van der Waals surface area (Å²) >= 11 is 0. The standard InChI is InChI=1S/C25H28FN5O5.H2/c1-16-21(36-18-9-6-12-25(26,13-18)23(32)33)11-10-19(28-16)22-20(31(2)30-29-22)14-27-24(34)35-15-17-7-4-3-5-8-17;/h3-5,7-8,10-11,18H,6,9,12-15H2,1-2H3,(H,27,34)(H,32,33);1H/t18-,25+;/m0./s1. The number of rotatable bonds is 8.